The summed E-state index contributed by atoms with van der Waals surface area (Å²) < 4.78 is 0. The van der Waals surface area contributed by atoms with E-state index >= 15 is 0 Å². The summed E-state index contributed by atoms with van der Waals surface area (Å²) in [6.45, 7) is 1.76. The van der Waals surface area contributed by atoms with Crippen molar-refractivity contribution in [2.24, 2.45) is 16.5 Å². The Morgan fingerprint density at radius 1 is 1.16 bits per heavy atom. The molecular formula is C21H22N6O3S. The molecule has 0 saturated carbocycles. The van der Waals surface area contributed by atoms with Crippen LogP contribution in [0.5, 0.6) is 0 Å². The van der Waals surface area contributed by atoms with E-state index in [1.54, 1.807) is 43.6 Å². The van der Waals surface area contributed by atoms with E-state index in [0.29, 0.717) is 27.1 Å². The van der Waals surface area contributed by atoms with E-state index in [1.165, 1.54) is 16.2 Å². The minimum absolute atomic E-state index is 0.0259. The first kappa shape index (κ1) is 21.9. The molecule has 5 N–H and O–H groups in total. The molecule has 1 amide bonds. The van der Waals surface area contributed by atoms with Crippen LogP contribution in [0, 0.1) is 6.92 Å². The molecule has 9 nitrogen and oxygen atoms in total. The molecule has 160 valence electrons. The summed E-state index contributed by atoms with van der Waals surface area (Å²) in [5.41, 5.74) is 12.8. The van der Waals surface area contributed by atoms with Crippen LogP contribution >= 0.6 is 11.3 Å². The monoisotopic (exact) mass is 438 g/mol. The zero-order valence-corrected chi connectivity index (χ0v) is 17.6. The number of aryl methyl sites for hydroxylation is 1. The number of aliphatic carboxylic acids is 1. The third kappa shape index (κ3) is 5.64. The van der Waals surface area contributed by atoms with E-state index in [-0.39, 0.29) is 24.7 Å². The van der Waals surface area contributed by atoms with Gasteiger partial charge in [0.05, 0.1) is 12.1 Å². The molecule has 2 heterocycles. The van der Waals surface area contributed by atoms with Crippen LogP contribution < -0.4 is 16.4 Å². The third-order valence-corrected chi connectivity index (χ3v) is 5.49. The van der Waals surface area contributed by atoms with Gasteiger partial charge >= 0.3 is 5.97 Å². The van der Waals surface area contributed by atoms with Gasteiger partial charge in [0.15, 0.2) is 5.96 Å². The van der Waals surface area contributed by atoms with Crippen LogP contribution in [0.1, 0.15) is 30.0 Å². The highest BCUT2D eigenvalue weighted by Gasteiger charge is 2.27. The van der Waals surface area contributed by atoms with Crippen LogP contribution in [0.15, 0.2) is 59.9 Å². The molecule has 1 aromatic carbocycles. The van der Waals surface area contributed by atoms with E-state index in [0.717, 1.165) is 0 Å². The molecule has 1 atom stereocenters. The summed E-state index contributed by atoms with van der Waals surface area (Å²) in [6, 6.07) is 12.6. The molecule has 3 aromatic rings. The average molecular weight is 439 g/mol. The van der Waals surface area contributed by atoms with Crippen molar-refractivity contribution in [3.63, 3.8) is 0 Å². The molecule has 10 heteroatoms. The zero-order valence-electron chi connectivity index (χ0n) is 16.8. The molecule has 31 heavy (non-hydrogen) atoms. The quantitative estimate of drug-likeness (QED) is 0.361. The molecule has 0 aliphatic heterocycles. The second kappa shape index (κ2) is 9.81. The number of carbonyl (C=O) groups excluding carboxylic acids is 1. The van der Waals surface area contributed by atoms with Crippen LogP contribution in [-0.4, -0.2) is 32.9 Å². The van der Waals surface area contributed by atoms with Gasteiger partial charge < -0.3 is 16.6 Å². The van der Waals surface area contributed by atoms with Crippen LogP contribution in [0.4, 0.5) is 15.8 Å². The predicted molar refractivity (Wildman–Crippen MR) is 120 cm³/mol. The maximum absolute atomic E-state index is 13.5. The van der Waals surface area contributed by atoms with Gasteiger partial charge in [0, 0.05) is 30.4 Å². The Kier molecular flexibility index (Phi) is 6.93. The fraction of sp³-hybridized carbons (Fsp3) is 0.190. The maximum Gasteiger partial charge on any atom is 0.303 e. The minimum atomic E-state index is -0.989. The Hall–Kier alpha value is -3.79. The van der Waals surface area contributed by atoms with Crippen molar-refractivity contribution in [1.29, 1.82) is 0 Å². The first-order valence-electron chi connectivity index (χ1n) is 9.42. The van der Waals surface area contributed by atoms with Gasteiger partial charge in [-0.2, -0.15) is 4.99 Å². The Morgan fingerprint density at radius 2 is 1.90 bits per heavy atom. The van der Waals surface area contributed by atoms with Crippen LogP contribution in [0.2, 0.25) is 0 Å². The van der Waals surface area contributed by atoms with Gasteiger partial charge in [-0.05, 0) is 30.7 Å². The Labute approximate surface area is 183 Å². The lowest BCUT2D eigenvalue weighted by atomic mass is 9.93. The highest BCUT2D eigenvalue weighted by atomic mass is 32.1. The number of hydrogen-bond donors (Lipinski definition) is 3. The number of benzene rings is 1. The lowest BCUT2D eigenvalue weighted by Crippen LogP contribution is -2.28. The van der Waals surface area contributed by atoms with E-state index in [4.69, 9.17) is 11.5 Å². The minimum Gasteiger partial charge on any atom is -0.481 e. The Bertz CT molecular complexity index is 1080. The van der Waals surface area contributed by atoms with Crippen molar-refractivity contribution in [2.75, 3.05) is 4.90 Å². The van der Waals surface area contributed by atoms with Gasteiger partial charge in [-0.25, -0.2) is 4.98 Å². The highest BCUT2D eigenvalue weighted by molar-refractivity contribution is 7.19. The maximum atomic E-state index is 13.5. The van der Waals surface area contributed by atoms with Crippen LogP contribution in [0.3, 0.4) is 0 Å². The van der Waals surface area contributed by atoms with Gasteiger partial charge in [-0.15, -0.1) is 0 Å². The number of guanidine groups is 1. The molecule has 0 aliphatic carbocycles. The second-order valence-electron chi connectivity index (χ2n) is 6.77. The number of amides is 1. The molecule has 0 fully saturated rings. The predicted octanol–water partition coefficient (Wildman–Crippen LogP) is 3.06. The fourth-order valence-electron chi connectivity index (χ4n) is 3.13. The van der Waals surface area contributed by atoms with E-state index in [9.17, 15) is 14.7 Å². The number of nitrogens with zero attached hydrogens (tertiary/aromatic N) is 4. The molecule has 0 spiro atoms. The molecule has 0 radical (unpaired) electrons. The lowest BCUT2D eigenvalue weighted by Gasteiger charge is -2.24. The van der Waals surface area contributed by atoms with E-state index in [2.05, 4.69) is 15.0 Å². The molecule has 0 saturated heterocycles. The normalized spacial score (nSPS) is 11.5. The number of nitrogens with two attached hydrogens (primary N) is 2. The standard InChI is InChI=1S/C21H22N6O3S/c1-13-19(31-21(25-13)26-20(22)23)27(16-7-3-2-4-8-16)17(28)10-15(11-18(29)30)14-6-5-9-24-12-14/h2-9,12,15H,10-11H2,1H3,(H,29,30)(H4,22,23,25,26). The average Bonchev–Trinajstić information content (AvgIpc) is 3.07. The summed E-state index contributed by atoms with van der Waals surface area (Å²) in [5, 5.41) is 10.3. The van der Waals surface area contributed by atoms with Gasteiger partial charge in [0.1, 0.15) is 5.00 Å². The fourth-order valence-corrected chi connectivity index (χ4v) is 4.13. The molecule has 0 bridgehead atoms. The second-order valence-corrected chi connectivity index (χ2v) is 7.73. The van der Waals surface area contributed by atoms with Crippen molar-refractivity contribution >= 4 is 45.0 Å². The number of carboxylic acids is 1. The summed E-state index contributed by atoms with van der Waals surface area (Å²) in [6.07, 6.45) is 2.97. The van der Waals surface area contributed by atoms with Crippen molar-refractivity contribution in [3.8, 4) is 0 Å². The lowest BCUT2D eigenvalue weighted by molar-refractivity contribution is -0.137. The topological polar surface area (TPSA) is 148 Å². The Morgan fingerprint density at radius 3 is 2.52 bits per heavy atom. The van der Waals surface area contributed by atoms with Gasteiger partial charge in [-0.3, -0.25) is 19.5 Å². The number of anilines is 2. The summed E-state index contributed by atoms with van der Waals surface area (Å²) in [5.74, 6) is -1.92. The van der Waals surface area contributed by atoms with Crippen molar-refractivity contribution < 1.29 is 14.7 Å². The largest absolute Gasteiger partial charge is 0.481 e. The van der Waals surface area contributed by atoms with E-state index in [1.807, 2.05) is 18.2 Å². The molecule has 2 aromatic heterocycles. The number of rotatable bonds is 8. The molecular weight excluding hydrogens is 416 g/mol. The third-order valence-electron chi connectivity index (χ3n) is 4.45. The first-order chi connectivity index (χ1) is 14.8. The van der Waals surface area contributed by atoms with Crippen LogP contribution in [-0.2, 0) is 9.59 Å². The van der Waals surface area contributed by atoms with Crippen molar-refractivity contribution in [3.05, 3.63) is 66.1 Å². The number of hydrogen-bond acceptors (Lipinski definition) is 6. The van der Waals surface area contributed by atoms with Crippen LogP contribution in [0.25, 0.3) is 0 Å². The Balaban J connectivity index is 2.00. The molecule has 3 rings (SSSR count). The first-order valence-corrected chi connectivity index (χ1v) is 10.2. The van der Waals surface area contributed by atoms with Crippen molar-refractivity contribution in [2.45, 2.75) is 25.7 Å². The number of thiazole rings is 1. The number of carboxylic acid groups (broad SMARTS) is 1. The summed E-state index contributed by atoms with van der Waals surface area (Å²) in [7, 11) is 0. The SMILES string of the molecule is Cc1nc(N=C(N)N)sc1N(C(=O)CC(CC(=O)O)c1cccnc1)c1ccccc1. The molecule has 0 aliphatic rings. The number of aliphatic imine (C=N–C) groups is 1. The highest BCUT2D eigenvalue weighted by Crippen LogP contribution is 2.39. The summed E-state index contributed by atoms with van der Waals surface area (Å²) >= 11 is 1.17. The number of carbonyl (C=O) groups is 2. The zero-order chi connectivity index (χ0) is 22.4. The smallest absolute Gasteiger partial charge is 0.303 e. The number of para-hydroxylation sites is 1. The number of pyridine rings is 1. The summed E-state index contributed by atoms with van der Waals surface area (Å²) in [4.78, 5) is 38.9. The van der Waals surface area contributed by atoms with Gasteiger partial charge in [0.25, 0.3) is 0 Å². The number of aromatic nitrogens is 2. The van der Waals surface area contributed by atoms with Gasteiger partial charge in [0.2, 0.25) is 11.0 Å². The van der Waals surface area contributed by atoms with Gasteiger partial charge in [-0.1, -0.05) is 35.6 Å². The molecule has 1 unspecified atom stereocenters. The van der Waals surface area contributed by atoms with Crippen molar-refractivity contribution in [1.82, 2.24) is 9.97 Å². The van der Waals surface area contributed by atoms with E-state index < -0.39 is 11.9 Å².